The van der Waals surface area contributed by atoms with Gasteiger partial charge in [-0.1, -0.05) is 30.3 Å². The van der Waals surface area contributed by atoms with Gasteiger partial charge < -0.3 is 14.8 Å². The van der Waals surface area contributed by atoms with E-state index in [0.717, 1.165) is 49.9 Å². The molecule has 0 bridgehead atoms. The Labute approximate surface area is 173 Å². The van der Waals surface area contributed by atoms with Gasteiger partial charge in [0.1, 0.15) is 5.75 Å². The van der Waals surface area contributed by atoms with Crippen LogP contribution in [0.4, 0.5) is 4.79 Å². The Balaban J connectivity index is 1.33. The van der Waals surface area contributed by atoms with Crippen molar-refractivity contribution in [3.05, 3.63) is 64.7 Å². The number of amides is 1. The number of hydrogen-bond donors (Lipinski definition) is 1. The molecular weight excluding hydrogens is 364 g/mol. The summed E-state index contributed by atoms with van der Waals surface area (Å²) in [6.45, 7) is 5.78. The summed E-state index contributed by atoms with van der Waals surface area (Å²) in [4.78, 5) is 13.9. The number of carbonyl (C=O) groups is 1. The lowest BCUT2D eigenvalue weighted by Crippen LogP contribution is -2.30. The van der Waals surface area contributed by atoms with Crippen LogP contribution in [0.5, 0.6) is 5.75 Å². The SMILES string of the molecule is COC(=O)NC(C)c1ccc2c(c1)CCN(Cc1ccc(OCC3CC3)cc1)C2. The van der Waals surface area contributed by atoms with Crippen LogP contribution < -0.4 is 10.1 Å². The summed E-state index contributed by atoms with van der Waals surface area (Å²) in [7, 11) is 1.39. The van der Waals surface area contributed by atoms with Crippen molar-refractivity contribution in [2.45, 2.75) is 45.3 Å². The number of ether oxygens (including phenoxy) is 2. The molecule has 29 heavy (non-hydrogen) atoms. The van der Waals surface area contributed by atoms with Crippen LogP contribution in [0.2, 0.25) is 0 Å². The maximum Gasteiger partial charge on any atom is 0.407 e. The second-order valence-electron chi connectivity index (χ2n) is 8.24. The first-order chi connectivity index (χ1) is 14.1. The molecule has 1 N–H and O–H groups in total. The Morgan fingerprint density at radius 1 is 1.17 bits per heavy atom. The maximum absolute atomic E-state index is 11.4. The Kier molecular flexibility index (Phi) is 6.05. The van der Waals surface area contributed by atoms with E-state index in [2.05, 4.69) is 52.7 Å². The van der Waals surface area contributed by atoms with Gasteiger partial charge in [0.15, 0.2) is 0 Å². The molecule has 1 saturated carbocycles. The molecule has 5 nitrogen and oxygen atoms in total. The van der Waals surface area contributed by atoms with Gasteiger partial charge in [-0.2, -0.15) is 0 Å². The van der Waals surface area contributed by atoms with Crippen LogP contribution in [0.3, 0.4) is 0 Å². The predicted molar refractivity (Wildman–Crippen MR) is 113 cm³/mol. The Morgan fingerprint density at radius 2 is 1.97 bits per heavy atom. The van der Waals surface area contributed by atoms with Gasteiger partial charge in [-0.05, 0) is 66.5 Å². The Hall–Kier alpha value is -2.53. The fraction of sp³-hybridized carbons (Fsp3) is 0.458. The van der Waals surface area contributed by atoms with Crippen molar-refractivity contribution in [2.24, 2.45) is 5.92 Å². The highest BCUT2D eigenvalue weighted by atomic mass is 16.5. The van der Waals surface area contributed by atoms with Crippen LogP contribution in [0, 0.1) is 5.92 Å². The van der Waals surface area contributed by atoms with Crippen molar-refractivity contribution in [2.75, 3.05) is 20.3 Å². The number of nitrogens with one attached hydrogen (secondary N) is 1. The lowest BCUT2D eigenvalue weighted by atomic mass is 9.95. The van der Waals surface area contributed by atoms with Crippen molar-refractivity contribution >= 4 is 6.09 Å². The number of fused-ring (bicyclic) bond motifs is 1. The molecule has 1 unspecified atom stereocenters. The molecule has 0 radical (unpaired) electrons. The average Bonchev–Trinajstić information content (AvgIpc) is 3.57. The highest BCUT2D eigenvalue weighted by molar-refractivity contribution is 5.67. The largest absolute Gasteiger partial charge is 0.493 e. The first-order valence-electron chi connectivity index (χ1n) is 10.5. The molecule has 1 amide bonds. The van der Waals surface area contributed by atoms with Gasteiger partial charge in [0.05, 0.1) is 19.8 Å². The standard InChI is InChI=1S/C24H30N2O3/c1-17(25-24(27)28-2)20-7-8-22-15-26(12-11-21(22)13-20)14-18-5-9-23(10-6-18)29-16-19-3-4-19/h5-10,13,17,19H,3-4,11-12,14-16H2,1-2H3,(H,25,27). The number of hydrogen-bond acceptors (Lipinski definition) is 4. The van der Waals surface area contributed by atoms with Crippen molar-refractivity contribution in [3.63, 3.8) is 0 Å². The zero-order valence-corrected chi connectivity index (χ0v) is 17.3. The fourth-order valence-corrected chi connectivity index (χ4v) is 3.80. The minimum Gasteiger partial charge on any atom is -0.493 e. The van der Waals surface area contributed by atoms with E-state index in [0.29, 0.717) is 0 Å². The molecule has 4 rings (SSSR count). The molecule has 2 aromatic carbocycles. The lowest BCUT2D eigenvalue weighted by molar-refractivity contribution is 0.167. The third-order valence-corrected chi connectivity index (χ3v) is 5.85. The average molecular weight is 395 g/mol. The zero-order chi connectivity index (χ0) is 20.2. The summed E-state index contributed by atoms with van der Waals surface area (Å²) in [5.41, 5.74) is 5.18. The molecule has 1 fully saturated rings. The molecule has 1 aliphatic heterocycles. The molecule has 1 atom stereocenters. The molecule has 1 aliphatic carbocycles. The summed E-state index contributed by atoms with van der Waals surface area (Å²) in [5.74, 6) is 1.76. The Bertz CT molecular complexity index is 846. The molecule has 0 aromatic heterocycles. The van der Waals surface area contributed by atoms with Crippen LogP contribution in [-0.2, 0) is 24.2 Å². The molecule has 2 aromatic rings. The van der Waals surface area contributed by atoms with Gasteiger partial charge in [0.2, 0.25) is 0 Å². The van der Waals surface area contributed by atoms with Crippen LogP contribution in [0.1, 0.15) is 48.1 Å². The first kappa shape index (κ1) is 19.8. The van der Waals surface area contributed by atoms with Crippen molar-refractivity contribution < 1.29 is 14.3 Å². The van der Waals surface area contributed by atoms with Crippen LogP contribution >= 0.6 is 0 Å². The summed E-state index contributed by atoms with van der Waals surface area (Å²) < 4.78 is 10.5. The van der Waals surface area contributed by atoms with E-state index in [9.17, 15) is 4.79 Å². The highest BCUT2D eigenvalue weighted by Crippen LogP contribution is 2.30. The maximum atomic E-state index is 11.4. The molecule has 0 spiro atoms. The smallest absolute Gasteiger partial charge is 0.407 e. The molecular formula is C24H30N2O3. The monoisotopic (exact) mass is 394 g/mol. The minimum absolute atomic E-state index is 0.0635. The van der Waals surface area contributed by atoms with E-state index in [1.165, 1.54) is 36.6 Å². The van der Waals surface area contributed by atoms with Gasteiger partial charge in [0.25, 0.3) is 0 Å². The summed E-state index contributed by atoms with van der Waals surface area (Å²) >= 11 is 0. The number of benzene rings is 2. The van der Waals surface area contributed by atoms with Crippen LogP contribution in [-0.4, -0.2) is 31.3 Å². The van der Waals surface area contributed by atoms with E-state index in [-0.39, 0.29) is 6.04 Å². The van der Waals surface area contributed by atoms with Crippen molar-refractivity contribution in [1.82, 2.24) is 10.2 Å². The second kappa shape index (κ2) is 8.87. The van der Waals surface area contributed by atoms with Crippen LogP contribution in [0.25, 0.3) is 0 Å². The van der Waals surface area contributed by atoms with Gasteiger partial charge in [-0.25, -0.2) is 4.79 Å². The predicted octanol–water partition coefficient (Wildman–Crippen LogP) is 4.45. The van der Waals surface area contributed by atoms with E-state index >= 15 is 0 Å². The normalized spacial score (nSPS) is 17.3. The number of rotatable bonds is 7. The summed E-state index contributed by atoms with van der Waals surface area (Å²) in [6, 6.07) is 15.0. The molecule has 1 heterocycles. The number of methoxy groups -OCH3 is 1. The number of nitrogens with zero attached hydrogens (tertiary/aromatic N) is 1. The third-order valence-electron chi connectivity index (χ3n) is 5.85. The van der Waals surface area contributed by atoms with E-state index in [4.69, 9.17) is 9.47 Å². The van der Waals surface area contributed by atoms with E-state index in [1.807, 2.05) is 6.92 Å². The summed E-state index contributed by atoms with van der Waals surface area (Å²) in [6.07, 6.45) is 3.26. The topological polar surface area (TPSA) is 50.8 Å². The fourth-order valence-electron chi connectivity index (χ4n) is 3.80. The van der Waals surface area contributed by atoms with Gasteiger partial charge >= 0.3 is 6.09 Å². The van der Waals surface area contributed by atoms with Gasteiger partial charge in [-0.3, -0.25) is 4.90 Å². The summed E-state index contributed by atoms with van der Waals surface area (Å²) in [5, 5.41) is 2.84. The number of alkyl carbamates (subject to hydrolysis) is 1. The zero-order valence-electron chi connectivity index (χ0n) is 17.3. The lowest BCUT2D eigenvalue weighted by Gasteiger charge is -2.29. The molecule has 0 saturated heterocycles. The van der Waals surface area contributed by atoms with Gasteiger partial charge in [-0.15, -0.1) is 0 Å². The van der Waals surface area contributed by atoms with E-state index in [1.54, 1.807) is 0 Å². The molecule has 2 aliphatic rings. The molecule has 154 valence electrons. The van der Waals surface area contributed by atoms with E-state index < -0.39 is 6.09 Å². The highest BCUT2D eigenvalue weighted by Gasteiger charge is 2.22. The second-order valence-corrected chi connectivity index (χ2v) is 8.24. The van der Waals surface area contributed by atoms with Crippen molar-refractivity contribution in [3.8, 4) is 5.75 Å². The Morgan fingerprint density at radius 3 is 2.69 bits per heavy atom. The van der Waals surface area contributed by atoms with Crippen LogP contribution in [0.15, 0.2) is 42.5 Å². The quantitative estimate of drug-likeness (QED) is 0.754. The van der Waals surface area contributed by atoms with Gasteiger partial charge in [0, 0.05) is 19.6 Å². The third kappa shape index (κ3) is 5.30. The first-order valence-corrected chi connectivity index (χ1v) is 10.5. The molecule has 5 heteroatoms. The van der Waals surface area contributed by atoms with Crippen molar-refractivity contribution in [1.29, 1.82) is 0 Å². The minimum atomic E-state index is -0.398. The number of carbonyl (C=O) groups excluding carboxylic acids is 1.